The summed E-state index contributed by atoms with van der Waals surface area (Å²) in [4.78, 5) is 0. The molecule has 4 heteroatoms. The van der Waals surface area contributed by atoms with Gasteiger partial charge in [-0.05, 0) is 42.9 Å². The minimum absolute atomic E-state index is 0.408. The molecular weight excluding hydrogens is 292 g/mol. The highest BCUT2D eigenvalue weighted by atomic mass is 79.9. The van der Waals surface area contributed by atoms with Crippen LogP contribution in [0.1, 0.15) is 24.8 Å². The molecule has 1 aliphatic rings. The van der Waals surface area contributed by atoms with Gasteiger partial charge in [0.15, 0.2) is 0 Å². The third-order valence-corrected chi connectivity index (χ3v) is 3.95. The van der Waals surface area contributed by atoms with Gasteiger partial charge in [0.05, 0.1) is 11.6 Å². The van der Waals surface area contributed by atoms with Gasteiger partial charge in [0.25, 0.3) is 0 Å². The van der Waals surface area contributed by atoms with Crippen LogP contribution in [0.3, 0.4) is 0 Å². The number of methoxy groups -OCH3 is 1. The van der Waals surface area contributed by atoms with Crippen molar-refractivity contribution in [2.24, 2.45) is 5.41 Å². The van der Waals surface area contributed by atoms with E-state index < -0.39 is 0 Å². The van der Waals surface area contributed by atoms with Crippen molar-refractivity contribution < 1.29 is 4.74 Å². The van der Waals surface area contributed by atoms with Crippen LogP contribution in [0.2, 0.25) is 0 Å². The van der Waals surface area contributed by atoms with Gasteiger partial charge in [-0.25, -0.2) is 0 Å². The first-order valence-corrected chi connectivity index (χ1v) is 6.90. The molecule has 1 saturated carbocycles. The average molecular weight is 309 g/mol. The third-order valence-electron chi connectivity index (χ3n) is 3.49. The molecule has 0 amide bonds. The molecule has 0 unspecified atom stereocenters. The lowest BCUT2D eigenvalue weighted by molar-refractivity contribution is 0.175. The summed E-state index contributed by atoms with van der Waals surface area (Å²) >= 11 is 3.42. The number of rotatable bonds is 6. The highest BCUT2D eigenvalue weighted by Crippen LogP contribution is 2.48. The van der Waals surface area contributed by atoms with E-state index in [1.165, 1.54) is 12.8 Å². The Balaban J connectivity index is 1.94. The summed E-state index contributed by atoms with van der Waals surface area (Å²) in [7, 11) is 1.75. The Morgan fingerprint density at radius 3 is 2.83 bits per heavy atom. The van der Waals surface area contributed by atoms with E-state index >= 15 is 0 Å². The van der Waals surface area contributed by atoms with E-state index in [0.717, 1.165) is 29.7 Å². The molecule has 2 rings (SSSR count). The van der Waals surface area contributed by atoms with Crippen molar-refractivity contribution in [2.45, 2.75) is 19.3 Å². The number of nitrogens with zero attached hydrogens (tertiary/aromatic N) is 1. The fourth-order valence-corrected chi connectivity index (χ4v) is 2.55. The average Bonchev–Trinajstić information content (AvgIpc) is 3.14. The molecule has 1 aromatic carbocycles. The lowest BCUT2D eigenvalue weighted by atomic mass is 10.0. The summed E-state index contributed by atoms with van der Waals surface area (Å²) in [6.07, 6.45) is 3.64. The van der Waals surface area contributed by atoms with Gasteiger partial charge in [0, 0.05) is 30.4 Å². The van der Waals surface area contributed by atoms with Crippen LogP contribution in [0.15, 0.2) is 22.7 Å². The zero-order valence-corrected chi connectivity index (χ0v) is 12.1. The van der Waals surface area contributed by atoms with Crippen LogP contribution in [0.5, 0.6) is 0 Å². The third kappa shape index (κ3) is 3.47. The lowest BCUT2D eigenvalue weighted by Crippen LogP contribution is -2.17. The van der Waals surface area contributed by atoms with Gasteiger partial charge >= 0.3 is 0 Å². The molecule has 18 heavy (non-hydrogen) atoms. The van der Waals surface area contributed by atoms with E-state index in [1.807, 2.05) is 18.2 Å². The number of hydrogen-bond acceptors (Lipinski definition) is 3. The maximum Gasteiger partial charge on any atom is 0.0992 e. The van der Waals surface area contributed by atoms with Crippen molar-refractivity contribution >= 4 is 21.6 Å². The molecule has 0 spiro atoms. The van der Waals surface area contributed by atoms with Gasteiger partial charge in [-0.15, -0.1) is 0 Å². The molecule has 0 saturated heterocycles. The van der Waals surface area contributed by atoms with E-state index in [0.29, 0.717) is 11.0 Å². The zero-order chi connectivity index (χ0) is 13.0. The van der Waals surface area contributed by atoms with Gasteiger partial charge in [-0.3, -0.25) is 0 Å². The Kier molecular flexibility index (Phi) is 4.26. The Bertz CT molecular complexity index is 463. The monoisotopic (exact) mass is 308 g/mol. The minimum Gasteiger partial charge on any atom is -0.385 e. The molecule has 1 fully saturated rings. The Morgan fingerprint density at radius 2 is 2.22 bits per heavy atom. The van der Waals surface area contributed by atoms with Gasteiger partial charge in [0.1, 0.15) is 0 Å². The summed E-state index contributed by atoms with van der Waals surface area (Å²) in [5.74, 6) is 0. The van der Waals surface area contributed by atoms with Crippen molar-refractivity contribution in [3.8, 4) is 6.07 Å². The molecular formula is C14H17BrN2O. The smallest absolute Gasteiger partial charge is 0.0992 e. The first-order valence-electron chi connectivity index (χ1n) is 6.11. The number of anilines is 1. The molecule has 1 N–H and O–H groups in total. The topological polar surface area (TPSA) is 45.0 Å². The summed E-state index contributed by atoms with van der Waals surface area (Å²) in [6, 6.07) is 7.88. The van der Waals surface area contributed by atoms with Gasteiger partial charge in [0.2, 0.25) is 0 Å². The molecule has 0 aliphatic heterocycles. The predicted molar refractivity (Wildman–Crippen MR) is 75.5 cm³/mol. The van der Waals surface area contributed by atoms with E-state index in [4.69, 9.17) is 10.00 Å². The maximum absolute atomic E-state index is 8.93. The van der Waals surface area contributed by atoms with Crippen LogP contribution in [-0.4, -0.2) is 20.3 Å². The minimum atomic E-state index is 0.408. The zero-order valence-electron chi connectivity index (χ0n) is 10.5. The highest BCUT2D eigenvalue weighted by molar-refractivity contribution is 9.10. The number of benzene rings is 1. The quantitative estimate of drug-likeness (QED) is 0.874. The van der Waals surface area contributed by atoms with E-state index in [1.54, 1.807) is 7.11 Å². The van der Waals surface area contributed by atoms with Crippen LogP contribution < -0.4 is 5.32 Å². The predicted octanol–water partition coefficient (Wildman–Crippen LogP) is 3.55. The summed E-state index contributed by atoms with van der Waals surface area (Å²) in [6.45, 7) is 1.78. The number of nitriles is 1. The molecule has 0 heterocycles. The molecule has 0 radical (unpaired) electrons. The van der Waals surface area contributed by atoms with Gasteiger partial charge < -0.3 is 10.1 Å². The molecule has 96 valence electrons. The van der Waals surface area contributed by atoms with Crippen molar-refractivity contribution in [1.29, 1.82) is 5.26 Å². The van der Waals surface area contributed by atoms with Crippen LogP contribution in [0.25, 0.3) is 0 Å². The van der Waals surface area contributed by atoms with Gasteiger partial charge in [-0.2, -0.15) is 5.26 Å². The Morgan fingerprint density at radius 1 is 1.44 bits per heavy atom. The largest absolute Gasteiger partial charge is 0.385 e. The standard InChI is InChI=1S/C14H17BrN2O/c1-18-5-4-14(2-3-14)10-17-13-7-11(9-16)6-12(15)8-13/h6-8,17H,2-5,10H2,1H3. The van der Waals surface area contributed by atoms with E-state index in [9.17, 15) is 0 Å². The summed E-state index contributed by atoms with van der Waals surface area (Å²) in [5, 5.41) is 12.4. The van der Waals surface area contributed by atoms with Crippen molar-refractivity contribution in [3.63, 3.8) is 0 Å². The first kappa shape index (κ1) is 13.4. The second-order valence-electron chi connectivity index (χ2n) is 4.94. The van der Waals surface area contributed by atoms with Crippen LogP contribution in [0, 0.1) is 16.7 Å². The second-order valence-corrected chi connectivity index (χ2v) is 5.85. The fraction of sp³-hybridized carbons (Fsp3) is 0.500. The molecule has 3 nitrogen and oxygen atoms in total. The Labute approximate surface area is 116 Å². The number of hydrogen-bond donors (Lipinski definition) is 1. The van der Waals surface area contributed by atoms with Crippen molar-refractivity contribution in [2.75, 3.05) is 25.6 Å². The van der Waals surface area contributed by atoms with Crippen LogP contribution in [-0.2, 0) is 4.74 Å². The summed E-state index contributed by atoms with van der Waals surface area (Å²) < 4.78 is 6.08. The molecule has 0 atom stereocenters. The van der Waals surface area contributed by atoms with E-state index in [2.05, 4.69) is 27.3 Å². The number of halogens is 1. The Hall–Kier alpha value is -1.05. The summed E-state index contributed by atoms with van der Waals surface area (Å²) in [5.41, 5.74) is 2.09. The lowest BCUT2D eigenvalue weighted by Gasteiger charge is -2.16. The SMILES string of the molecule is COCCC1(CNc2cc(Br)cc(C#N)c2)CC1. The molecule has 1 aliphatic carbocycles. The first-order chi connectivity index (χ1) is 8.67. The van der Waals surface area contributed by atoms with Crippen molar-refractivity contribution in [3.05, 3.63) is 28.2 Å². The highest BCUT2D eigenvalue weighted by Gasteiger charge is 2.41. The van der Waals surface area contributed by atoms with Crippen LogP contribution >= 0.6 is 15.9 Å². The molecule has 0 aromatic heterocycles. The second kappa shape index (κ2) is 5.73. The van der Waals surface area contributed by atoms with Crippen molar-refractivity contribution in [1.82, 2.24) is 0 Å². The van der Waals surface area contributed by atoms with E-state index in [-0.39, 0.29) is 0 Å². The van der Waals surface area contributed by atoms with Crippen LogP contribution in [0.4, 0.5) is 5.69 Å². The number of ether oxygens (including phenoxy) is 1. The molecule has 0 bridgehead atoms. The van der Waals surface area contributed by atoms with Gasteiger partial charge in [-0.1, -0.05) is 15.9 Å². The fourth-order valence-electron chi connectivity index (χ4n) is 2.06. The normalized spacial score (nSPS) is 16.1. The molecule has 1 aromatic rings. The number of nitrogens with one attached hydrogen (secondary N) is 1. The maximum atomic E-state index is 8.93.